The number of fused-ring (bicyclic) bond motifs is 1. The van der Waals surface area contributed by atoms with Gasteiger partial charge in [0.15, 0.2) is 0 Å². The number of likely N-dealkylation sites (tertiary alicyclic amines) is 1. The summed E-state index contributed by atoms with van der Waals surface area (Å²) in [4.78, 5) is 6.23. The van der Waals surface area contributed by atoms with Crippen molar-refractivity contribution in [1.82, 2.24) is 19.7 Å². The van der Waals surface area contributed by atoms with E-state index in [1.54, 1.807) is 7.11 Å². The summed E-state index contributed by atoms with van der Waals surface area (Å²) >= 11 is 0. The van der Waals surface area contributed by atoms with Crippen molar-refractivity contribution in [3.63, 3.8) is 0 Å². The molecule has 2 aromatic rings. The largest absolute Gasteiger partial charge is 0.419 e. The van der Waals surface area contributed by atoms with Crippen LogP contribution in [0.15, 0.2) is 18.3 Å². The first kappa shape index (κ1) is 20.8. The summed E-state index contributed by atoms with van der Waals surface area (Å²) in [6, 6.07) is 3.05. The lowest BCUT2D eigenvalue weighted by molar-refractivity contribution is -0.137. The van der Waals surface area contributed by atoms with Crippen molar-refractivity contribution < 1.29 is 17.9 Å². The highest BCUT2D eigenvalue weighted by molar-refractivity contribution is 5.63. The average molecular weight is 435 g/mol. The van der Waals surface area contributed by atoms with E-state index < -0.39 is 17.6 Å². The molecule has 0 aromatic carbocycles. The maximum atomic E-state index is 13.3. The Morgan fingerprint density at radius 3 is 2.55 bits per heavy atom. The number of anilines is 1. The lowest BCUT2D eigenvalue weighted by atomic mass is 9.85. The Balaban J connectivity index is 1.41. The van der Waals surface area contributed by atoms with Crippen LogP contribution in [-0.4, -0.2) is 53.0 Å². The van der Waals surface area contributed by atoms with E-state index in [1.807, 2.05) is 6.07 Å². The number of rotatable bonds is 7. The fourth-order valence-corrected chi connectivity index (χ4v) is 5.20. The van der Waals surface area contributed by atoms with Gasteiger partial charge in [0, 0.05) is 56.7 Å². The van der Waals surface area contributed by atoms with Crippen LogP contribution >= 0.6 is 0 Å². The first-order valence-corrected chi connectivity index (χ1v) is 11.0. The number of aromatic nitrogens is 3. The monoisotopic (exact) mass is 435 g/mol. The molecule has 1 saturated heterocycles. The molecule has 2 N–H and O–H groups in total. The first-order chi connectivity index (χ1) is 14.8. The number of ether oxygens (including phenoxy) is 1. The van der Waals surface area contributed by atoms with Gasteiger partial charge in [0.2, 0.25) is 0 Å². The highest BCUT2D eigenvalue weighted by Gasteiger charge is 2.57. The SMILES string of the molecule is COCCN1CC2C(c3cc(-c4cnc(N)c(C(F)(F)F)c4)nn3CC3CCC3)[C@H]2C1. The molecule has 0 amide bonds. The summed E-state index contributed by atoms with van der Waals surface area (Å²) in [5.74, 6) is 1.73. The molecule has 168 valence electrons. The Bertz CT molecular complexity index is 943. The van der Waals surface area contributed by atoms with Gasteiger partial charge in [-0.15, -0.1) is 0 Å². The number of nitrogens with zero attached hydrogens (tertiary/aromatic N) is 4. The molecule has 2 aliphatic carbocycles. The van der Waals surface area contributed by atoms with Gasteiger partial charge in [0.1, 0.15) is 5.82 Å². The van der Waals surface area contributed by atoms with E-state index in [-0.39, 0.29) is 0 Å². The molecule has 2 saturated carbocycles. The van der Waals surface area contributed by atoms with Crippen molar-refractivity contribution in [2.75, 3.05) is 39.1 Å². The number of methoxy groups -OCH3 is 1. The van der Waals surface area contributed by atoms with E-state index in [0.717, 1.165) is 44.5 Å². The highest BCUT2D eigenvalue weighted by atomic mass is 19.4. The van der Waals surface area contributed by atoms with Crippen LogP contribution in [0.1, 0.15) is 36.4 Å². The van der Waals surface area contributed by atoms with Gasteiger partial charge in [-0.25, -0.2) is 4.98 Å². The topological polar surface area (TPSA) is 69.2 Å². The molecule has 0 spiro atoms. The molecular formula is C22H28F3N5O. The normalized spacial score (nSPS) is 26.1. The molecule has 2 unspecified atom stereocenters. The molecule has 3 aliphatic rings. The Morgan fingerprint density at radius 2 is 1.94 bits per heavy atom. The predicted octanol–water partition coefficient (Wildman–Crippen LogP) is 3.64. The van der Waals surface area contributed by atoms with Crippen LogP contribution in [0.25, 0.3) is 11.3 Å². The second kappa shape index (κ2) is 7.78. The van der Waals surface area contributed by atoms with E-state index in [4.69, 9.17) is 15.6 Å². The average Bonchev–Trinajstić information content (AvgIpc) is 3.04. The van der Waals surface area contributed by atoms with Gasteiger partial charge in [-0.2, -0.15) is 18.3 Å². The van der Waals surface area contributed by atoms with Crippen LogP contribution < -0.4 is 5.73 Å². The van der Waals surface area contributed by atoms with Crippen molar-refractivity contribution >= 4 is 5.82 Å². The Morgan fingerprint density at radius 1 is 1.19 bits per heavy atom. The number of nitrogen functional groups attached to an aromatic ring is 1. The van der Waals surface area contributed by atoms with Crippen molar-refractivity contribution in [1.29, 1.82) is 0 Å². The molecule has 3 atom stereocenters. The molecule has 3 heterocycles. The zero-order valence-electron chi connectivity index (χ0n) is 17.6. The van der Waals surface area contributed by atoms with Crippen LogP contribution in [-0.2, 0) is 17.5 Å². The summed E-state index contributed by atoms with van der Waals surface area (Å²) < 4.78 is 47.2. The molecular weight excluding hydrogens is 407 g/mol. The number of piperidine rings is 1. The van der Waals surface area contributed by atoms with E-state index in [9.17, 15) is 13.2 Å². The molecule has 5 rings (SSSR count). The van der Waals surface area contributed by atoms with Gasteiger partial charge in [0.05, 0.1) is 17.9 Å². The Hall–Kier alpha value is -2.13. The minimum atomic E-state index is -4.54. The molecule has 9 heteroatoms. The van der Waals surface area contributed by atoms with Gasteiger partial charge in [-0.05, 0) is 42.7 Å². The van der Waals surface area contributed by atoms with E-state index in [1.165, 1.54) is 25.5 Å². The van der Waals surface area contributed by atoms with Gasteiger partial charge in [-0.3, -0.25) is 4.68 Å². The molecule has 2 aromatic heterocycles. The minimum absolute atomic E-state index is 0.364. The van der Waals surface area contributed by atoms with Crippen molar-refractivity contribution in [2.45, 2.75) is 37.9 Å². The smallest absolute Gasteiger partial charge is 0.383 e. The summed E-state index contributed by atoms with van der Waals surface area (Å²) in [5.41, 5.74) is 6.65. The molecule has 31 heavy (non-hydrogen) atoms. The van der Waals surface area contributed by atoms with Crippen LogP contribution in [0.3, 0.4) is 0 Å². The summed E-state index contributed by atoms with van der Waals surface area (Å²) in [6.45, 7) is 4.61. The van der Waals surface area contributed by atoms with E-state index in [2.05, 4.69) is 14.6 Å². The third kappa shape index (κ3) is 3.93. The van der Waals surface area contributed by atoms with Gasteiger partial charge in [-0.1, -0.05) is 6.42 Å². The van der Waals surface area contributed by atoms with Gasteiger partial charge >= 0.3 is 6.18 Å². The van der Waals surface area contributed by atoms with Gasteiger partial charge in [0.25, 0.3) is 0 Å². The summed E-state index contributed by atoms with van der Waals surface area (Å²) in [6.07, 6.45) is 0.486. The molecule has 1 aliphatic heterocycles. The third-order valence-corrected chi connectivity index (χ3v) is 7.21. The summed E-state index contributed by atoms with van der Waals surface area (Å²) in [5, 5.41) is 4.75. The van der Waals surface area contributed by atoms with Crippen molar-refractivity contribution in [3.8, 4) is 11.3 Å². The molecule has 3 fully saturated rings. The Labute approximate surface area is 179 Å². The number of hydrogen-bond donors (Lipinski definition) is 1. The van der Waals surface area contributed by atoms with Crippen LogP contribution in [0.2, 0.25) is 0 Å². The van der Waals surface area contributed by atoms with Crippen molar-refractivity contribution in [3.05, 3.63) is 29.6 Å². The predicted molar refractivity (Wildman–Crippen MR) is 110 cm³/mol. The van der Waals surface area contributed by atoms with Crippen LogP contribution in [0.4, 0.5) is 19.0 Å². The number of nitrogens with two attached hydrogens (primary N) is 1. The molecule has 0 radical (unpaired) electrons. The van der Waals surface area contributed by atoms with Crippen molar-refractivity contribution in [2.24, 2.45) is 17.8 Å². The number of halogens is 3. The number of hydrogen-bond acceptors (Lipinski definition) is 5. The standard InChI is InChI=1S/C22H28F3N5O/c1-31-6-5-29-11-15-16(12-29)20(15)19-8-18(28-30(19)10-13-3-2-4-13)14-7-17(22(23,24)25)21(26)27-9-14/h7-9,13,15-16,20H,2-6,10-12H2,1H3,(H2,26,27)/t15-,16?,20?/m0/s1. The van der Waals surface area contributed by atoms with Crippen LogP contribution in [0, 0.1) is 17.8 Å². The lowest BCUT2D eigenvalue weighted by Crippen LogP contribution is -2.28. The molecule has 6 nitrogen and oxygen atoms in total. The van der Waals surface area contributed by atoms with E-state index >= 15 is 0 Å². The number of alkyl halides is 3. The Kier molecular flexibility index (Phi) is 5.21. The zero-order valence-corrected chi connectivity index (χ0v) is 17.6. The fraction of sp³-hybridized carbons (Fsp3) is 0.636. The second-order valence-electron chi connectivity index (χ2n) is 9.19. The number of pyridine rings is 1. The molecule has 0 bridgehead atoms. The first-order valence-electron chi connectivity index (χ1n) is 11.0. The maximum Gasteiger partial charge on any atom is 0.419 e. The third-order valence-electron chi connectivity index (χ3n) is 7.21. The fourth-order valence-electron chi connectivity index (χ4n) is 5.20. The van der Waals surface area contributed by atoms with Gasteiger partial charge < -0.3 is 15.4 Å². The minimum Gasteiger partial charge on any atom is -0.383 e. The second-order valence-corrected chi connectivity index (χ2v) is 9.19. The summed E-state index contributed by atoms with van der Waals surface area (Å²) in [7, 11) is 1.72. The van der Waals surface area contributed by atoms with Crippen LogP contribution in [0.5, 0.6) is 0 Å². The quantitative estimate of drug-likeness (QED) is 0.719. The zero-order chi connectivity index (χ0) is 21.8. The maximum absolute atomic E-state index is 13.3. The highest BCUT2D eigenvalue weighted by Crippen LogP contribution is 2.58. The van der Waals surface area contributed by atoms with E-state index in [0.29, 0.717) is 34.9 Å². The lowest BCUT2D eigenvalue weighted by Gasteiger charge is -2.26.